The average Bonchev–Trinajstić information content (AvgIpc) is 2.97. The lowest BCUT2D eigenvalue weighted by Gasteiger charge is -2.23. The van der Waals surface area contributed by atoms with Gasteiger partial charge in [-0.05, 0) is 72.3 Å². The standard InChI is InChI=1S/C20H17BrF7N/c1-10-13(4-11-7-16(22)2-3-17(11)21)9-29-18(10)12-5-14(19(23,24)25)8-15(6-12)20(26,27)28/h2-3,5-8,10,13,18,29H,4,9H2,1H3/t10-,13?,18+/m0/s1. The summed E-state index contributed by atoms with van der Waals surface area (Å²) in [6.45, 7) is 2.17. The third-order valence-corrected chi connectivity index (χ3v) is 6.10. The van der Waals surface area contributed by atoms with Crippen molar-refractivity contribution in [3.63, 3.8) is 0 Å². The van der Waals surface area contributed by atoms with Gasteiger partial charge in [-0.25, -0.2) is 4.39 Å². The van der Waals surface area contributed by atoms with Crippen LogP contribution in [-0.4, -0.2) is 6.54 Å². The summed E-state index contributed by atoms with van der Waals surface area (Å²) in [6.07, 6.45) is -9.33. The first-order valence-electron chi connectivity index (χ1n) is 8.83. The molecule has 1 nitrogen and oxygen atoms in total. The SMILES string of the molecule is C[C@H]1C(Cc2cc(F)ccc2Br)CN[C@H]1c1cc(C(F)(F)F)cc(C(F)(F)F)c1. The maximum atomic E-state index is 13.5. The van der Waals surface area contributed by atoms with Gasteiger partial charge in [-0.2, -0.15) is 26.3 Å². The lowest BCUT2D eigenvalue weighted by molar-refractivity contribution is -0.143. The molecule has 158 valence electrons. The fourth-order valence-electron chi connectivity index (χ4n) is 3.74. The summed E-state index contributed by atoms with van der Waals surface area (Å²) in [7, 11) is 0. The van der Waals surface area contributed by atoms with E-state index in [9.17, 15) is 30.7 Å². The first-order chi connectivity index (χ1) is 13.4. The average molecular weight is 484 g/mol. The minimum Gasteiger partial charge on any atom is -0.309 e. The van der Waals surface area contributed by atoms with Crippen molar-refractivity contribution in [2.24, 2.45) is 11.8 Å². The van der Waals surface area contributed by atoms with Crippen LogP contribution in [0.3, 0.4) is 0 Å². The van der Waals surface area contributed by atoms with Crippen molar-refractivity contribution < 1.29 is 30.7 Å². The van der Waals surface area contributed by atoms with Gasteiger partial charge in [-0.15, -0.1) is 0 Å². The molecular formula is C20H17BrF7N. The third-order valence-electron chi connectivity index (χ3n) is 5.33. The van der Waals surface area contributed by atoms with Crippen LogP contribution in [0, 0.1) is 17.7 Å². The van der Waals surface area contributed by atoms with Crippen molar-refractivity contribution >= 4 is 15.9 Å². The fourth-order valence-corrected chi connectivity index (χ4v) is 4.15. The van der Waals surface area contributed by atoms with Crippen LogP contribution in [0.25, 0.3) is 0 Å². The van der Waals surface area contributed by atoms with Crippen LogP contribution in [0.2, 0.25) is 0 Å². The molecule has 0 saturated carbocycles. The zero-order chi connectivity index (χ0) is 21.6. The molecule has 0 bridgehead atoms. The molecule has 0 radical (unpaired) electrons. The van der Waals surface area contributed by atoms with E-state index in [0.717, 1.165) is 12.1 Å². The molecule has 1 fully saturated rings. The van der Waals surface area contributed by atoms with Gasteiger partial charge in [0.15, 0.2) is 0 Å². The van der Waals surface area contributed by atoms with Crippen LogP contribution in [0.4, 0.5) is 30.7 Å². The maximum absolute atomic E-state index is 13.5. The highest BCUT2D eigenvalue weighted by Gasteiger charge is 2.40. The molecule has 1 saturated heterocycles. The third kappa shape index (κ3) is 4.94. The number of rotatable bonds is 3. The summed E-state index contributed by atoms with van der Waals surface area (Å²) >= 11 is 3.34. The molecule has 1 aliphatic heterocycles. The molecule has 1 aliphatic rings. The first kappa shape index (κ1) is 22.1. The molecular weight excluding hydrogens is 467 g/mol. The molecule has 9 heteroatoms. The Morgan fingerprint density at radius 1 is 0.966 bits per heavy atom. The van der Waals surface area contributed by atoms with E-state index in [1.165, 1.54) is 12.1 Å². The van der Waals surface area contributed by atoms with Gasteiger partial charge in [0.05, 0.1) is 11.1 Å². The van der Waals surface area contributed by atoms with E-state index < -0.39 is 35.3 Å². The highest BCUT2D eigenvalue weighted by molar-refractivity contribution is 9.10. The van der Waals surface area contributed by atoms with Gasteiger partial charge in [0, 0.05) is 10.5 Å². The number of hydrogen-bond acceptors (Lipinski definition) is 1. The zero-order valence-electron chi connectivity index (χ0n) is 15.1. The minimum absolute atomic E-state index is 0.0551. The molecule has 1 N–H and O–H groups in total. The van der Waals surface area contributed by atoms with E-state index in [4.69, 9.17) is 0 Å². The highest BCUT2D eigenvalue weighted by Crippen LogP contribution is 2.41. The van der Waals surface area contributed by atoms with Crippen molar-refractivity contribution in [1.82, 2.24) is 5.32 Å². The molecule has 2 aromatic carbocycles. The van der Waals surface area contributed by atoms with Crippen molar-refractivity contribution in [1.29, 1.82) is 0 Å². The molecule has 3 rings (SSSR count). The van der Waals surface area contributed by atoms with Crippen LogP contribution in [0.1, 0.15) is 35.2 Å². The number of benzene rings is 2. The van der Waals surface area contributed by atoms with Crippen molar-refractivity contribution in [3.8, 4) is 0 Å². The van der Waals surface area contributed by atoms with E-state index in [1.807, 2.05) is 0 Å². The molecule has 0 spiro atoms. The van der Waals surface area contributed by atoms with Gasteiger partial charge < -0.3 is 5.32 Å². The minimum atomic E-state index is -4.89. The van der Waals surface area contributed by atoms with E-state index in [0.29, 0.717) is 23.0 Å². The second-order valence-electron chi connectivity index (χ2n) is 7.28. The molecule has 2 aromatic rings. The smallest absolute Gasteiger partial charge is 0.309 e. The quantitative estimate of drug-likeness (QED) is 0.475. The Kier molecular flexibility index (Phi) is 6.02. The second-order valence-corrected chi connectivity index (χ2v) is 8.14. The zero-order valence-corrected chi connectivity index (χ0v) is 16.7. The topological polar surface area (TPSA) is 12.0 Å². The summed E-state index contributed by atoms with van der Waals surface area (Å²) in [5.74, 6) is -0.747. The molecule has 29 heavy (non-hydrogen) atoms. The maximum Gasteiger partial charge on any atom is 0.416 e. The predicted octanol–water partition coefficient (Wildman–Crippen LogP) is 6.77. The first-order valence-corrected chi connectivity index (χ1v) is 9.62. The molecule has 1 unspecified atom stereocenters. The van der Waals surface area contributed by atoms with Crippen LogP contribution >= 0.6 is 15.9 Å². The van der Waals surface area contributed by atoms with Gasteiger partial charge in [-0.3, -0.25) is 0 Å². The normalized spacial score (nSPS) is 22.9. The van der Waals surface area contributed by atoms with Crippen LogP contribution in [-0.2, 0) is 18.8 Å². The predicted molar refractivity (Wildman–Crippen MR) is 97.6 cm³/mol. The van der Waals surface area contributed by atoms with Crippen LogP contribution in [0.5, 0.6) is 0 Å². The summed E-state index contributed by atoms with van der Waals surface area (Å²) in [4.78, 5) is 0. The summed E-state index contributed by atoms with van der Waals surface area (Å²) < 4.78 is 93.1. The van der Waals surface area contributed by atoms with Crippen molar-refractivity contribution in [3.05, 3.63) is 68.9 Å². The Morgan fingerprint density at radius 3 is 2.10 bits per heavy atom. The summed E-state index contributed by atoms with van der Waals surface area (Å²) in [6, 6.07) is 5.23. The van der Waals surface area contributed by atoms with E-state index >= 15 is 0 Å². The Bertz CT molecular complexity index is 859. The monoisotopic (exact) mass is 483 g/mol. The van der Waals surface area contributed by atoms with Gasteiger partial charge in [-0.1, -0.05) is 22.9 Å². The largest absolute Gasteiger partial charge is 0.416 e. The molecule has 0 aliphatic carbocycles. The van der Waals surface area contributed by atoms with Gasteiger partial charge in [0.2, 0.25) is 0 Å². The molecule has 0 amide bonds. The lowest BCUT2D eigenvalue weighted by atomic mass is 9.84. The van der Waals surface area contributed by atoms with Gasteiger partial charge in [0.1, 0.15) is 5.82 Å². The van der Waals surface area contributed by atoms with Gasteiger partial charge in [0.25, 0.3) is 0 Å². The number of alkyl halides is 6. The second kappa shape index (κ2) is 7.91. The Labute approximate surface area is 171 Å². The van der Waals surface area contributed by atoms with Crippen molar-refractivity contribution in [2.45, 2.75) is 31.7 Å². The number of hydrogen-bond donors (Lipinski definition) is 1. The van der Waals surface area contributed by atoms with Gasteiger partial charge >= 0.3 is 12.4 Å². The van der Waals surface area contributed by atoms with E-state index in [1.54, 1.807) is 13.0 Å². The highest BCUT2D eigenvalue weighted by atomic mass is 79.9. The Hall–Kier alpha value is -1.61. The Morgan fingerprint density at radius 2 is 1.55 bits per heavy atom. The molecule has 3 atom stereocenters. The molecule has 0 aromatic heterocycles. The van der Waals surface area contributed by atoms with Crippen LogP contribution < -0.4 is 5.32 Å². The number of nitrogens with one attached hydrogen (secondary N) is 1. The van der Waals surface area contributed by atoms with E-state index in [2.05, 4.69) is 21.2 Å². The van der Waals surface area contributed by atoms with E-state index in [-0.39, 0.29) is 23.5 Å². The molecule has 1 heterocycles. The summed E-state index contributed by atoms with van der Waals surface area (Å²) in [5.41, 5.74) is -2.01. The van der Waals surface area contributed by atoms with Crippen molar-refractivity contribution in [2.75, 3.05) is 6.54 Å². The lowest BCUT2D eigenvalue weighted by Crippen LogP contribution is -2.19. The number of halogens is 8. The van der Waals surface area contributed by atoms with Crippen LogP contribution in [0.15, 0.2) is 40.9 Å². The summed E-state index contributed by atoms with van der Waals surface area (Å²) in [5, 5.41) is 3.04. The fraction of sp³-hybridized carbons (Fsp3) is 0.400. The Balaban J connectivity index is 1.90.